The molecule has 2 aromatic rings. The van der Waals surface area contributed by atoms with Gasteiger partial charge in [0.1, 0.15) is 17.2 Å². The summed E-state index contributed by atoms with van der Waals surface area (Å²) in [6.07, 6.45) is 0. The van der Waals surface area contributed by atoms with Crippen molar-refractivity contribution in [3.8, 4) is 11.5 Å². The molecule has 0 aromatic heterocycles. The predicted octanol–water partition coefficient (Wildman–Crippen LogP) is 3.28. The van der Waals surface area contributed by atoms with Crippen LogP contribution >= 0.6 is 0 Å². The highest BCUT2D eigenvalue weighted by atomic mass is 16.6. The van der Waals surface area contributed by atoms with E-state index in [0.29, 0.717) is 17.1 Å². The topological polar surface area (TPSA) is 78.4 Å². The molecular weight excluding hydrogens is 232 g/mol. The lowest BCUT2D eigenvalue weighted by Gasteiger charge is -2.09. The van der Waals surface area contributed by atoms with Crippen LogP contribution in [-0.4, -0.2) is 4.92 Å². The van der Waals surface area contributed by atoms with E-state index in [0.717, 1.165) is 0 Å². The zero-order valence-corrected chi connectivity index (χ0v) is 9.79. The quantitative estimate of drug-likeness (QED) is 0.510. The molecule has 0 saturated heterocycles. The Morgan fingerprint density at radius 2 is 1.89 bits per heavy atom. The predicted molar refractivity (Wildman–Crippen MR) is 68.8 cm³/mol. The van der Waals surface area contributed by atoms with Crippen molar-refractivity contribution in [1.29, 1.82) is 0 Å². The minimum absolute atomic E-state index is 0.0940. The average Bonchev–Trinajstić information content (AvgIpc) is 2.34. The first-order valence-electron chi connectivity index (χ1n) is 5.35. The number of ether oxygens (including phenoxy) is 1. The minimum Gasteiger partial charge on any atom is -0.457 e. The molecular formula is C13H12N2O3. The van der Waals surface area contributed by atoms with Gasteiger partial charge in [-0.3, -0.25) is 10.1 Å². The lowest BCUT2D eigenvalue weighted by atomic mass is 10.1. The second-order valence-electron chi connectivity index (χ2n) is 3.85. The summed E-state index contributed by atoms with van der Waals surface area (Å²) in [5.74, 6) is 1.18. The summed E-state index contributed by atoms with van der Waals surface area (Å²) in [7, 11) is 0. The summed E-state index contributed by atoms with van der Waals surface area (Å²) in [5, 5.41) is 10.7. The molecule has 0 radical (unpaired) electrons. The SMILES string of the molecule is Cc1cc([N+](=O)[O-])c(N)cc1Oc1ccccc1. The Balaban J connectivity index is 2.35. The van der Waals surface area contributed by atoms with Crippen LogP contribution in [0.5, 0.6) is 11.5 Å². The Morgan fingerprint density at radius 1 is 1.22 bits per heavy atom. The zero-order valence-electron chi connectivity index (χ0n) is 9.79. The Morgan fingerprint density at radius 3 is 2.50 bits per heavy atom. The van der Waals surface area contributed by atoms with Crippen LogP contribution in [0.3, 0.4) is 0 Å². The van der Waals surface area contributed by atoms with Crippen molar-refractivity contribution in [1.82, 2.24) is 0 Å². The largest absolute Gasteiger partial charge is 0.457 e. The van der Waals surface area contributed by atoms with E-state index in [9.17, 15) is 10.1 Å². The van der Waals surface area contributed by atoms with Crippen LogP contribution in [0.1, 0.15) is 5.56 Å². The molecule has 2 rings (SSSR count). The minimum atomic E-state index is -0.505. The molecule has 92 valence electrons. The lowest BCUT2D eigenvalue weighted by Crippen LogP contribution is -1.98. The molecule has 0 unspecified atom stereocenters. The number of benzene rings is 2. The number of nitrogens with zero attached hydrogens (tertiary/aromatic N) is 1. The molecule has 5 heteroatoms. The van der Waals surface area contributed by atoms with Crippen LogP contribution in [0.15, 0.2) is 42.5 Å². The number of para-hydroxylation sites is 1. The van der Waals surface area contributed by atoms with Crippen LogP contribution in [0.4, 0.5) is 11.4 Å². The van der Waals surface area contributed by atoms with E-state index in [1.807, 2.05) is 18.2 Å². The van der Waals surface area contributed by atoms with Gasteiger partial charge in [-0.2, -0.15) is 0 Å². The Hall–Kier alpha value is -2.56. The van der Waals surface area contributed by atoms with Gasteiger partial charge in [0.25, 0.3) is 5.69 Å². The van der Waals surface area contributed by atoms with Crippen molar-refractivity contribution in [2.75, 3.05) is 5.73 Å². The van der Waals surface area contributed by atoms with Gasteiger partial charge in [-0.1, -0.05) is 18.2 Å². The number of anilines is 1. The molecule has 5 nitrogen and oxygen atoms in total. The third-order valence-corrected chi connectivity index (χ3v) is 2.49. The maximum Gasteiger partial charge on any atom is 0.292 e. The van der Waals surface area contributed by atoms with E-state index in [4.69, 9.17) is 10.5 Å². The van der Waals surface area contributed by atoms with Crippen molar-refractivity contribution in [2.45, 2.75) is 6.92 Å². The van der Waals surface area contributed by atoms with Gasteiger partial charge < -0.3 is 10.5 Å². The molecule has 0 fully saturated rings. The smallest absolute Gasteiger partial charge is 0.292 e. The highest BCUT2D eigenvalue weighted by molar-refractivity contribution is 5.63. The number of rotatable bonds is 3. The number of nitrogen functional groups attached to an aromatic ring is 1. The fourth-order valence-corrected chi connectivity index (χ4v) is 1.57. The molecule has 0 amide bonds. The van der Waals surface area contributed by atoms with Crippen molar-refractivity contribution in [3.63, 3.8) is 0 Å². The number of nitro groups is 1. The number of aryl methyl sites for hydroxylation is 1. The monoisotopic (exact) mass is 244 g/mol. The van der Waals surface area contributed by atoms with Crippen LogP contribution in [0.2, 0.25) is 0 Å². The van der Waals surface area contributed by atoms with E-state index >= 15 is 0 Å². The highest BCUT2D eigenvalue weighted by Crippen LogP contribution is 2.32. The zero-order chi connectivity index (χ0) is 13.1. The van der Waals surface area contributed by atoms with Crippen LogP contribution in [0.25, 0.3) is 0 Å². The van der Waals surface area contributed by atoms with Gasteiger partial charge in [0.2, 0.25) is 0 Å². The first-order chi connectivity index (χ1) is 8.58. The van der Waals surface area contributed by atoms with E-state index in [1.165, 1.54) is 12.1 Å². The summed E-state index contributed by atoms with van der Waals surface area (Å²) in [6.45, 7) is 1.74. The standard InChI is InChI=1S/C13H12N2O3/c1-9-7-12(15(16)17)11(14)8-13(9)18-10-5-3-2-4-6-10/h2-8H,14H2,1H3. The van der Waals surface area contributed by atoms with E-state index in [1.54, 1.807) is 19.1 Å². The molecule has 2 N–H and O–H groups in total. The highest BCUT2D eigenvalue weighted by Gasteiger charge is 2.15. The number of nitro benzene ring substituents is 1. The summed E-state index contributed by atoms with van der Waals surface area (Å²) >= 11 is 0. The van der Waals surface area contributed by atoms with Crippen molar-refractivity contribution < 1.29 is 9.66 Å². The molecule has 2 aromatic carbocycles. The number of nitrogens with two attached hydrogens (primary N) is 1. The van der Waals surface area contributed by atoms with E-state index in [2.05, 4.69) is 0 Å². The van der Waals surface area contributed by atoms with E-state index in [-0.39, 0.29) is 11.4 Å². The fraction of sp³-hybridized carbons (Fsp3) is 0.0769. The van der Waals surface area contributed by atoms with E-state index < -0.39 is 4.92 Å². The second-order valence-corrected chi connectivity index (χ2v) is 3.85. The van der Waals surface area contributed by atoms with Crippen molar-refractivity contribution >= 4 is 11.4 Å². The normalized spacial score (nSPS) is 10.1. The van der Waals surface area contributed by atoms with Gasteiger partial charge in [-0.05, 0) is 24.6 Å². The molecule has 0 bridgehead atoms. The van der Waals surface area contributed by atoms with Crippen LogP contribution < -0.4 is 10.5 Å². The third-order valence-electron chi connectivity index (χ3n) is 2.49. The summed E-state index contributed by atoms with van der Waals surface area (Å²) in [4.78, 5) is 10.2. The molecule has 0 spiro atoms. The Labute approximate surface area is 104 Å². The van der Waals surface area contributed by atoms with Gasteiger partial charge in [0.05, 0.1) is 4.92 Å². The van der Waals surface area contributed by atoms with Gasteiger partial charge in [-0.25, -0.2) is 0 Å². The molecule has 0 aliphatic carbocycles. The van der Waals surface area contributed by atoms with Gasteiger partial charge in [-0.15, -0.1) is 0 Å². The van der Waals surface area contributed by atoms with Gasteiger partial charge in [0.15, 0.2) is 0 Å². The van der Waals surface area contributed by atoms with Crippen molar-refractivity contribution in [3.05, 3.63) is 58.1 Å². The fourth-order valence-electron chi connectivity index (χ4n) is 1.57. The molecule has 0 atom stereocenters. The average molecular weight is 244 g/mol. The first kappa shape index (κ1) is 11.9. The third kappa shape index (κ3) is 2.40. The molecule has 0 heterocycles. The van der Waals surface area contributed by atoms with Crippen LogP contribution in [-0.2, 0) is 0 Å². The maximum atomic E-state index is 10.7. The maximum absolute atomic E-state index is 10.7. The summed E-state index contributed by atoms with van der Waals surface area (Å²) < 4.78 is 5.62. The van der Waals surface area contributed by atoms with Gasteiger partial charge >= 0.3 is 0 Å². The Kier molecular flexibility index (Phi) is 3.14. The van der Waals surface area contributed by atoms with Crippen LogP contribution in [0, 0.1) is 17.0 Å². The lowest BCUT2D eigenvalue weighted by molar-refractivity contribution is -0.384. The van der Waals surface area contributed by atoms with Gasteiger partial charge in [0, 0.05) is 12.1 Å². The van der Waals surface area contributed by atoms with Crippen molar-refractivity contribution in [2.24, 2.45) is 0 Å². The Bertz CT molecular complexity index is 582. The molecule has 18 heavy (non-hydrogen) atoms. The summed E-state index contributed by atoms with van der Waals surface area (Å²) in [6, 6.07) is 12.1. The summed E-state index contributed by atoms with van der Waals surface area (Å²) in [5.41, 5.74) is 6.28. The molecule has 0 aliphatic rings. The second kappa shape index (κ2) is 4.75. The molecule has 0 saturated carbocycles. The number of hydrogen-bond donors (Lipinski definition) is 1. The number of hydrogen-bond acceptors (Lipinski definition) is 4. The first-order valence-corrected chi connectivity index (χ1v) is 5.35. The molecule has 0 aliphatic heterocycles.